The summed E-state index contributed by atoms with van der Waals surface area (Å²) in [5, 5.41) is 12.3. The molecule has 19 heavy (non-hydrogen) atoms. The maximum atomic E-state index is 11.9. The second kappa shape index (κ2) is 6.89. The molecule has 5 nitrogen and oxygen atoms in total. The first-order chi connectivity index (χ1) is 8.97. The predicted molar refractivity (Wildman–Crippen MR) is 73.9 cm³/mol. The van der Waals surface area contributed by atoms with E-state index in [1.54, 1.807) is 0 Å². The minimum atomic E-state index is -0.738. The van der Waals surface area contributed by atoms with Gasteiger partial charge >= 0.3 is 5.97 Å². The minimum Gasteiger partial charge on any atom is -0.481 e. The molecule has 1 rings (SSSR count). The van der Waals surface area contributed by atoms with Crippen LogP contribution >= 0.6 is 0 Å². The lowest BCUT2D eigenvalue weighted by Crippen LogP contribution is -2.42. The maximum Gasteiger partial charge on any atom is 0.310 e. The lowest BCUT2D eigenvalue weighted by Gasteiger charge is -2.23. The number of carbonyl (C=O) groups excluding carboxylic acids is 1. The van der Waals surface area contributed by atoms with Crippen LogP contribution in [-0.2, 0) is 9.59 Å². The number of carboxylic acids is 1. The molecule has 1 atom stereocenters. The van der Waals surface area contributed by atoms with Gasteiger partial charge in [-0.1, -0.05) is 20.8 Å². The first-order valence-electron chi connectivity index (χ1n) is 7.22. The molecule has 1 unspecified atom stereocenters. The van der Waals surface area contributed by atoms with Crippen LogP contribution in [0.2, 0.25) is 0 Å². The number of hydrogen-bond acceptors (Lipinski definition) is 3. The Bertz CT molecular complexity index is 329. The molecule has 1 amide bonds. The van der Waals surface area contributed by atoms with Crippen molar-refractivity contribution >= 4 is 11.9 Å². The Morgan fingerprint density at radius 2 is 1.95 bits per heavy atom. The van der Waals surface area contributed by atoms with Crippen molar-refractivity contribution in [3.8, 4) is 0 Å². The van der Waals surface area contributed by atoms with Gasteiger partial charge in [0.05, 0.1) is 12.0 Å². The van der Waals surface area contributed by atoms with Crippen molar-refractivity contribution in [2.75, 3.05) is 19.6 Å². The number of likely N-dealkylation sites (tertiary alicyclic amines) is 1. The van der Waals surface area contributed by atoms with Crippen molar-refractivity contribution in [1.29, 1.82) is 0 Å². The quantitative estimate of drug-likeness (QED) is 0.735. The van der Waals surface area contributed by atoms with Crippen LogP contribution in [0.25, 0.3) is 0 Å². The molecule has 1 aliphatic rings. The molecule has 2 N–H and O–H groups in total. The van der Waals surface area contributed by atoms with Crippen molar-refractivity contribution in [2.45, 2.75) is 52.5 Å². The van der Waals surface area contributed by atoms with Gasteiger partial charge in [-0.05, 0) is 32.2 Å². The molecular formula is C14H26N2O3. The van der Waals surface area contributed by atoms with Gasteiger partial charge in [0.25, 0.3) is 0 Å². The maximum absolute atomic E-state index is 11.9. The Hall–Kier alpha value is -1.10. The lowest BCUT2D eigenvalue weighted by atomic mass is 9.84. The molecule has 0 bridgehead atoms. The van der Waals surface area contributed by atoms with Gasteiger partial charge in [-0.25, -0.2) is 0 Å². The Labute approximate surface area is 115 Å². The van der Waals surface area contributed by atoms with E-state index < -0.39 is 11.4 Å². The summed E-state index contributed by atoms with van der Waals surface area (Å²) in [4.78, 5) is 25.2. The SMILES string of the molecule is CCC(CC)NC(=O)CN1CCC(CC)(C(=O)O)C1. The number of carboxylic acid groups (broad SMARTS) is 1. The highest BCUT2D eigenvalue weighted by Crippen LogP contribution is 2.33. The zero-order valence-corrected chi connectivity index (χ0v) is 12.2. The largest absolute Gasteiger partial charge is 0.481 e. The fourth-order valence-corrected chi connectivity index (χ4v) is 2.68. The van der Waals surface area contributed by atoms with Crippen molar-refractivity contribution < 1.29 is 14.7 Å². The average molecular weight is 270 g/mol. The Balaban J connectivity index is 2.48. The van der Waals surface area contributed by atoms with Crippen molar-refractivity contribution in [3.63, 3.8) is 0 Å². The molecule has 5 heteroatoms. The van der Waals surface area contributed by atoms with Crippen LogP contribution in [0.4, 0.5) is 0 Å². The number of nitrogens with zero attached hydrogens (tertiary/aromatic N) is 1. The van der Waals surface area contributed by atoms with E-state index >= 15 is 0 Å². The second-order valence-electron chi connectivity index (χ2n) is 5.48. The zero-order chi connectivity index (χ0) is 14.5. The predicted octanol–water partition coefficient (Wildman–Crippen LogP) is 1.48. The van der Waals surface area contributed by atoms with E-state index in [0.29, 0.717) is 32.5 Å². The van der Waals surface area contributed by atoms with Gasteiger partial charge in [-0.2, -0.15) is 0 Å². The van der Waals surface area contributed by atoms with E-state index in [9.17, 15) is 14.7 Å². The molecule has 0 saturated carbocycles. The molecule has 0 aliphatic carbocycles. The van der Waals surface area contributed by atoms with Crippen LogP contribution < -0.4 is 5.32 Å². The molecule has 1 fully saturated rings. The second-order valence-corrected chi connectivity index (χ2v) is 5.48. The summed E-state index contributed by atoms with van der Waals surface area (Å²) in [7, 11) is 0. The summed E-state index contributed by atoms with van der Waals surface area (Å²) in [5.41, 5.74) is -0.658. The van der Waals surface area contributed by atoms with Gasteiger partial charge in [0.1, 0.15) is 0 Å². The smallest absolute Gasteiger partial charge is 0.310 e. The third-order valence-electron chi connectivity index (χ3n) is 4.28. The first kappa shape index (κ1) is 16.0. The molecule has 1 saturated heterocycles. The van der Waals surface area contributed by atoms with Gasteiger partial charge in [0, 0.05) is 12.6 Å². The van der Waals surface area contributed by atoms with E-state index in [1.165, 1.54) is 0 Å². The van der Waals surface area contributed by atoms with Crippen LogP contribution in [0.15, 0.2) is 0 Å². The fourth-order valence-electron chi connectivity index (χ4n) is 2.68. The summed E-state index contributed by atoms with van der Waals surface area (Å²) in [6.45, 7) is 7.49. The van der Waals surface area contributed by atoms with Crippen LogP contribution in [0, 0.1) is 5.41 Å². The topological polar surface area (TPSA) is 69.6 Å². The van der Waals surface area contributed by atoms with E-state index in [0.717, 1.165) is 12.8 Å². The Kier molecular flexibility index (Phi) is 5.79. The lowest BCUT2D eigenvalue weighted by molar-refractivity contribution is -0.148. The monoisotopic (exact) mass is 270 g/mol. The molecule has 110 valence electrons. The minimum absolute atomic E-state index is 0.00555. The molecule has 0 radical (unpaired) electrons. The third-order valence-corrected chi connectivity index (χ3v) is 4.28. The Morgan fingerprint density at radius 1 is 1.32 bits per heavy atom. The summed E-state index contributed by atoms with van der Waals surface area (Å²) < 4.78 is 0. The van der Waals surface area contributed by atoms with Crippen LogP contribution in [0.5, 0.6) is 0 Å². The highest BCUT2D eigenvalue weighted by Gasteiger charge is 2.43. The normalized spacial score (nSPS) is 23.8. The summed E-state index contributed by atoms with van der Waals surface area (Å²) in [6.07, 6.45) is 3.11. The average Bonchev–Trinajstić information content (AvgIpc) is 2.80. The van der Waals surface area contributed by atoms with Gasteiger partial charge in [0.2, 0.25) is 5.91 Å². The highest BCUT2D eigenvalue weighted by atomic mass is 16.4. The van der Waals surface area contributed by atoms with E-state index in [-0.39, 0.29) is 11.9 Å². The molecule has 0 aromatic rings. The number of rotatable bonds is 7. The number of aliphatic carboxylic acids is 1. The molecule has 0 spiro atoms. The van der Waals surface area contributed by atoms with Crippen molar-refractivity contribution in [2.24, 2.45) is 5.41 Å². The summed E-state index contributed by atoms with van der Waals surface area (Å²) >= 11 is 0. The summed E-state index contributed by atoms with van der Waals surface area (Å²) in [6, 6.07) is 0.227. The van der Waals surface area contributed by atoms with Crippen molar-refractivity contribution in [1.82, 2.24) is 10.2 Å². The highest BCUT2D eigenvalue weighted by molar-refractivity contribution is 5.79. The van der Waals surface area contributed by atoms with Crippen LogP contribution in [-0.4, -0.2) is 47.6 Å². The van der Waals surface area contributed by atoms with E-state index in [2.05, 4.69) is 19.2 Å². The number of nitrogens with one attached hydrogen (secondary N) is 1. The standard InChI is InChI=1S/C14H26N2O3/c1-4-11(5-2)15-12(17)9-16-8-7-14(6-3,10-16)13(18)19/h11H,4-10H2,1-3H3,(H,15,17)(H,18,19). The fraction of sp³-hybridized carbons (Fsp3) is 0.857. The molecule has 0 aromatic heterocycles. The number of hydrogen-bond donors (Lipinski definition) is 2. The third kappa shape index (κ3) is 3.93. The van der Waals surface area contributed by atoms with Gasteiger partial charge in [-0.3, -0.25) is 14.5 Å². The molecule has 0 aromatic carbocycles. The van der Waals surface area contributed by atoms with Gasteiger partial charge in [0.15, 0.2) is 0 Å². The number of amides is 1. The van der Waals surface area contributed by atoms with Gasteiger partial charge in [-0.15, -0.1) is 0 Å². The summed E-state index contributed by atoms with van der Waals surface area (Å²) in [5.74, 6) is -0.733. The van der Waals surface area contributed by atoms with Crippen molar-refractivity contribution in [3.05, 3.63) is 0 Å². The molecule has 1 aliphatic heterocycles. The van der Waals surface area contributed by atoms with E-state index in [1.807, 2.05) is 11.8 Å². The molecule has 1 heterocycles. The first-order valence-corrected chi connectivity index (χ1v) is 7.22. The van der Waals surface area contributed by atoms with E-state index in [4.69, 9.17) is 0 Å². The Morgan fingerprint density at radius 3 is 2.37 bits per heavy atom. The molecular weight excluding hydrogens is 244 g/mol. The van der Waals surface area contributed by atoms with Crippen LogP contribution in [0.3, 0.4) is 0 Å². The van der Waals surface area contributed by atoms with Crippen LogP contribution in [0.1, 0.15) is 46.5 Å². The number of carbonyl (C=O) groups is 2. The zero-order valence-electron chi connectivity index (χ0n) is 12.2. The van der Waals surface area contributed by atoms with Gasteiger partial charge < -0.3 is 10.4 Å².